The first-order chi connectivity index (χ1) is 10.1. The van der Waals surface area contributed by atoms with Crippen LogP contribution >= 0.6 is 0 Å². The lowest BCUT2D eigenvalue weighted by Crippen LogP contribution is -2.49. The zero-order valence-electron chi connectivity index (χ0n) is 11.9. The maximum absolute atomic E-state index is 12.5. The van der Waals surface area contributed by atoms with Crippen molar-refractivity contribution in [1.29, 1.82) is 5.26 Å². The summed E-state index contributed by atoms with van der Waals surface area (Å²) in [7, 11) is 0. The van der Waals surface area contributed by atoms with Crippen molar-refractivity contribution in [2.45, 2.75) is 19.8 Å². The van der Waals surface area contributed by atoms with Crippen LogP contribution < -0.4 is 0 Å². The highest BCUT2D eigenvalue weighted by atomic mass is 16.2. The van der Waals surface area contributed by atoms with Crippen LogP contribution in [-0.2, 0) is 0 Å². The molecular weight excluding hydrogens is 266 g/mol. The van der Waals surface area contributed by atoms with Crippen molar-refractivity contribution in [2.24, 2.45) is 0 Å². The monoisotopic (exact) mass is 281 g/mol. The predicted molar refractivity (Wildman–Crippen MR) is 75.7 cm³/mol. The van der Waals surface area contributed by atoms with Gasteiger partial charge in [0.1, 0.15) is 5.82 Å². The molecule has 6 heteroatoms. The lowest BCUT2D eigenvalue weighted by atomic mass is 9.96. The summed E-state index contributed by atoms with van der Waals surface area (Å²) >= 11 is 0. The molecular formula is C15H15N5O. The second-order valence-corrected chi connectivity index (χ2v) is 5.28. The number of amides is 1. The van der Waals surface area contributed by atoms with Crippen LogP contribution in [0.3, 0.4) is 0 Å². The number of hydrogen-bond acceptors (Lipinski definition) is 4. The van der Waals surface area contributed by atoms with Gasteiger partial charge in [-0.15, -0.1) is 0 Å². The molecule has 1 aromatic heterocycles. The van der Waals surface area contributed by atoms with E-state index in [2.05, 4.69) is 21.3 Å². The number of aromatic amines is 1. The Morgan fingerprint density at radius 2 is 2.19 bits per heavy atom. The summed E-state index contributed by atoms with van der Waals surface area (Å²) in [5, 5.41) is 16.0. The number of aromatic nitrogens is 3. The first kappa shape index (κ1) is 13.3. The van der Waals surface area contributed by atoms with Crippen LogP contribution in [0, 0.1) is 25.2 Å². The van der Waals surface area contributed by atoms with Crippen molar-refractivity contribution in [3.8, 4) is 6.07 Å². The fraction of sp³-hybridized carbons (Fsp3) is 0.333. The van der Waals surface area contributed by atoms with E-state index >= 15 is 0 Å². The highest BCUT2D eigenvalue weighted by molar-refractivity contribution is 5.96. The molecule has 2 aromatic rings. The van der Waals surface area contributed by atoms with Gasteiger partial charge in [-0.05, 0) is 31.5 Å². The Morgan fingerprint density at radius 3 is 2.81 bits per heavy atom. The molecule has 1 amide bonds. The maximum atomic E-state index is 12.5. The number of carbonyl (C=O) groups is 1. The number of benzene rings is 1. The molecule has 2 heterocycles. The van der Waals surface area contributed by atoms with E-state index in [4.69, 9.17) is 5.26 Å². The molecule has 1 aromatic carbocycles. The lowest BCUT2D eigenvalue weighted by molar-refractivity contribution is 0.0594. The number of nitrogens with one attached hydrogen (secondary N) is 1. The molecule has 21 heavy (non-hydrogen) atoms. The van der Waals surface area contributed by atoms with Gasteiger partial charge < -0.3 is 4.90 Å². The van der Waals surface area contributed by atoms with Gasteiger partial charge in [-0.25, -0.2) is 4.98 Å². The highest BCUT2D eigenvalue weighted by Crippen LogP contribution is 2.27. The van der Waals surface area contributed by atoms with E-state index in [0.29, 0.717) is 24.2 Å². The average Bonchev–Trinajstić information content (AvgIpc) is 2.83. The second-order valence-electron chi connectivity index (χ2n) is 5.28. The first-order valence-electron chi connectivity index (χ1n) is 6.78. The number of aryl methyl sites for hydroxylation is 1. The molecule has 0 atom stereocenters. The minimum atomic E-state index is -0.0342. The molecule has 0 unspecified atom stereocenters. The van der Waals surface area contributed by atoms with E-state index < -0.39 is 0 Å². The fourth-order valence-electron chi connectivity index (χ4n) is 2.51. The Balaban J connectivity index is 1.73. The maximum Gasteiger partial charge on any atom is 0.254 e. The molecule has 6 nitrogen and oxygen atoms in total. The van der Waals surface area contributed by atoms with Crippen LogP contribution in [0.1, 0.15) is 39.1 Å². The normalized spacial score (nSPS) is 14.6. The van der Waals surface area contributed by atoms with Gasteiger partial charge in [0, 0.05) is 18.7 Å². The van der Waals surface area contributed by atoms with Crippen molar-refractivity contribution in [3.63, 3.8) is 0 Å². The predicted octanol–water partition coefficient (Wildman–Crippen LogP) is 1.53. The summed E-state index contributed by atoms with van der Waals surface area (Å²) in [6.07, 6.45) is 0. The molecule has 106 valence electrons. The third-order valence-electron chi connectivity index (χ3n) is 3.83. The summed E-state index contributed by atoms with van der Waals surface area (Å²) < 4.78 is 0. The third-order valence-corrected chi connectivity index (χ3v) is 3.83. The molecule has 1 aliphatic rings. The van der Waals surface area contributed by atoms with Gasteiger partial charge in [-0.2, -0.15) is 10.4 Å². The van der Waals surface area contributed by atoms with Gasteiger partial charge in [0.15, 0.2) is 5.82 Å². The molecule has 1 aliphatic heterocycles. The molecule has 1 saturated heterocycles. The average molecular weight is 281 g/mol. The zero-order chi connectivity index (χ0) is 15.0. The zero-order valence-corrected chi connectivity index (χ0v) is 11.9. The van der Waals surface area contributed by atoms with Gasteiger partial charge >= 0.3 is 0 Å². The van der Waals surface area contributed by atoms with Crippen LogP contribution in [0.4, 0.5) is 0 Å². The van der Waals surface area contributed by atoms with Crippen LogP contribution in [0.25, 0.3) is 0 Å². The Kier molecular flexibility index (Phi) is 3.18. The number of rotatable bonds is 2. The molecule has 1 fully saturated rings. The third kappa shape index (κ3) is 2.27. The molecule has 1 N–H and O–H groups in total. The van der Waals surface area contributed by atoms with Crippen molar-refractivity contribution >= 4 is 5.91 Å². The van der Waals surface area contributed by atoms with Crippen LogP contribution in [0.15, 0.2) is 18.2 Å². The van der Waals surface area contributed by atoms with Gasteiger partial charge in [-0.3, -0.25) is 9.89 Å². The first-order valence-corrected chi connectivity index (χ1v) is 6.78. The van der Waals surface area contributed by atoms with Crippen molar-refractivity contribution in [3.05, 3.63) is 46.5 Å². The Morgan fingerprint density at radius 1 is 1.43 bits per heavy atom. The Labute approximate surface area is 122 Å². The number of hydrogen-bond donors (Lipinski definition) is 1. The fourth-order valence-corrected chi connectivity index (χ4v) is 2.51. The van der Waals surface area contributed by atoms with Gasteiger partial charge in [-0.1, -0.05) is 6.07 Å². The number of likely N-dealkylation sites (tertiary alicyclic amines) is 1. The largest absolute Gasteiger partial charge is 0.337 e. The Bertz CT molecular complexity index is 737. The van der Waals surface area contributed by atoms with Gasteiger partial charge in [0.05, 0.1) is 17.6 Å². The Hall–Kier alpha value is -2.68. The van der Waals surface area contributed by atoms with Gasteiger partial charge in [0.25, 0.3) is 5.91 Å². The van der Waals surface area contributed by atoms with Crippen LogP contribution in [0.5, 0.6) is 0 Å². The number of nitrogens with zero attached hydrogens (tertiary/aromatic N) is 4. The summed E-state index contributed by atoms with van der Waals surface area (Å²) in [6.45, 7) is 4.90. The topological polar surface area (TPSA) is 85.7 Å². The van der Waals surface area contributed by atoms with Crippen LogP contribution in [0.2, 0.25) is 0 Å². The summed E-state index contributed by atoms with van der Waals surface area (Å²) in [4.78, 5) is 18.5. The van der Waals surface area contributed by atoms with Crippen molar-refractivity contribution < 1.29 is 4.79 Å². The number of H-pyrrole nitrogens is 1. The van der Waals surface area contributed by atoms with E-state index in [9.17, 15) is 4.79 Å². The molecule has 0 radical (unpaired) electrons. The lowest BCUT2D eigenvalue weighted by Gasteiger charge is -2.38. The smallest absolute Gasteiger partial charge is 0.254 e. The highest BCUT2D eigenvalue weighted by Gasteiger charge is 2.35. The summed E-state index contributed by atoms with van der Waals surface area (Å²) in [5.74, 6) is 1.71. The molecule has 0 aliphatic carbocycles. The molecule has 0 bridgehead atoms. The minimum Gasteiger partial charge on any atom is -0.337 e. The van der Waals surface area contributed by atoms with Gasteiger partial charge in [0.2, 0.25) is 0 Å². The van der Waals surface area contributed by atoms with Crippen LogP contribution in [-0.4, -0.2) is 39.1 Å². The standard InChI is InChI=1S/C15H15N5O/c1-9-11(6-16)4-3-5-13(9)15(21)20-7-12(8-20)14-17-10(2)18-19-14/h3-5,12H,7-8H2,1-2H3,(H,17,18,19). The second kappa shape index (κ2) is 5.02. The van der Waals surface area contributed by atoms with Crippen molar-refractivity contribution in [2.75, 3.05) is 13.1 Å². The molecule has 3 rings (SSSR count). The van der Waals surface area contributed by atoms with E-state index in [1.54, 1.807) is 23.1 Å². The minimum absolute atomic E-state index is 0.0342. The SMILES string of the molecule is Cc1nc(C2CN(C(=O)c3cccc(C#N)c3C)C2)n[nH]1. The van der Waals surface area contributed by atoms with E-state index in [-0.39, 0.29) is 11.8 Å². The number of nitriles is 1. The molecule has 0 spiro atoms. The molecule has 0 saturated carbocycles. The van der Waals surface area contributed by atoms with E-state index in [0.717, 1.165) is 17.2 Å². The number of carbonyl (C=O) groups excluding carboxylic acids is 1. The van der Waals surface area contributed by atoms with Crippen molar-refractivity contribution in [1.82, 2.24) is 20.1 Å². The quantitative estimate of drug-likeness (QED) is 0.904. The van der Waals surface area contributed by atoms with E-state index in [1.165, 1.54) is 0 Å². The van der Waals surface area contributed by atoms with E-state index in [1.807, 2.05) is 13.8 Å². The summed E-state index contributed by atoms with van der Waals surface area (Å²) in [5.41, 5.74) is 1.88. The summed E-state index contributed by atoms with van der Waals surface area (Å²) in [6, 6.07) is 7.34.